The first kappa shape index (κ1) is 15.3. The van der Waals surface area contributed by atoms with Crippen LogP contribution in [0.15, 0.2) is 40.3 Å². The molecule has 0 radical (unpaired) electrons. The van der Waals surface area contributed by atoms with Crippen LogP contribution in [0.25, 0.3) is 0 Å². The first-order valence-electron chi connectivity index (χ1n) is 7.20. The molecule has 0 bridgehead atoms. The van der Waals surface area contributed by atoms with Crippen molar-refractivity contribution in [1.82, 2.24) is 14.1 Å². The highest BCUT2D eigenvalue weighted by molar-refractivity contribution is 7.89. The summed E-state index contributed by atoms with van der Waals surface area (Å²) in [6.07, 6.45) is 5.83. The van der Waals surface area contributed by atoms with Crippen LogP contribution in [-0.4, -0.2) is 40.2 Å². The number of hydrogen-bond donors (Lipinski definition) is 1. The Hall–Kier alpha value is -1.64. The van der Waals surface area contributed by atoms with Gasteiger partial charge in [-0.15, -0.1) is 0 Å². The van der Waals surface area contributed by atoms with Crippen LogP contribution in [0.5, 0.6) is 0 Å². The van der Waals surface area contributed by atoms with E-state index in [1.165, 1.54) is 16.6 Å². The molecule has 2 atom stereocenters. The van der Waals surface area contributed by atoms with Crippen LogP contribution in [0.1, 0.15) is 30.9 Å². The minimum absolute atomic E-state index is 0.0460. The minimum atomic E-state index is -3.63. The van der Waals surface area contributed by atoms with E-state index < -0.39 is 16.1 Å². The van der Waals surface area contributed by atoms with Crippen LogP contribution in [0.3, 0.4) is 0 Å². The molecule has 120 valence electrons. The zero-order valence-corrected chi connectivity index (χ0v) is 13.1. The Bertz CT molecular complexity index is 723. The molecule has 3 rings (SSSR count). The molecule has 1 fully saturated rings. The number of nitrogens with zero attached hydrogens (tertiary/aromatic N) is 3. The quantitative estimate of drug-likeness (QED) is 0.895. The summed E-state index contributed by atoms with van der Waals surface area (Å²) >= 11 is 0. The highest BCUT2D eigenvalue weighted by atomic mass is 32.2. The van der Waals surface area contributed by atoms with Gasteiger partial charge in [-0.2, -0.15) is 9.40 Å². The number of rotatable bonds is 5. The molecule has 1 aliphatic heterocycles. The predicted molar refractivity (Wildman–Crippen MR) is 78.4 cm³/mol. The second-order valence-corrected chi connectivity index (χ2v) is 7.36. The Labute approximate surface area is 129 Å². The maximum Gasteiger partial charge on any atom is 0.276 e. The third-order valence-corrected chi connectivity index (χ3v) is 5.83. The zero-order valence-electron chi connectivity index (χ0n) is 12.3. The molecule has 7 nitrogen and oxygen atoms in total. The maximum atomic E-state index is 12.6. The van der Waals surface area contributed by atoms with Crippen molar-refractivity contribution in [2.24, 2.45) is 7.05 Å². The lowest BCUT2D eigenvalue weighted by Gasteiger charge is -2.24. The van der Waals surface area contributed by atoms with Gasteiger partial charge in [0, 0.05) is 31.4 Å². The Morgan fingerprint density at radius 1 is 1.55 bits per heavy atom. The van der Waals surface area contributed by atoms with Crippen molar-refractivity contribution >= 4 is 10.0 Å². The fourth-order valence-electron chi connectivity index (χ4n) is 2.89. The molecule has 2 aromatic rings. The topological polar surface area (TPSA) is 88.6 Å². The van der Waals surface area contributed by atoms with E-state index in [2.05, 4.69) is 5.10 Å². The summed E-state index contributed by atoms with van der Waals surface area (Å²) in [4.78, 5) is 0. The Kier molecular flexibility index (Phi) is 4.07. The summed E-state index contributed by atoms with van der Waals surface area (Å²) in [5, 5.41) is 14.3. The molecule has 2 aromatic heterocycles. The molecule has 0 saturated carbocycles. The molecule has 1 saturated heterocycles. The fourth-order valence-corrected chi connectivity index (χ4v) is 4.51. The SMILES string of the molecule is Cn1cc([C@@H](O)C[C@@H]2CCCN2S(=O)(=O)c2ccco2)cn1. The van der Waals surface area contributed by atoms with Gasteiger partial charge in [0.1, 0.15) is 0 Å². The van der Waals surface area contributed by atoms with Crippen LogP contribution in [0.4, 0.5) is 0 Å². The Morgan fingerprint density at radius 2 is 2.36 bits per heavy atom. The van der Waals surface area contributed by atoms with E-state index in [4.69, 9.17) is 4.42 Å². The van der Waals surface area contributed by atoms with Crippen LogP contribution in [-0.2, 0) is 17.1 Å². The third-order valence-electron chi connectivity index (χ3n) is 3.99. The summed E-state index contributed by atoms with van der Waals surface area (Å²) in [5.41, 5.74) is 0.699. The number of furan rings is 1. The Morgan fingerprint density at radius 3 is 3.00 bits per heavy atom. The van der Waals surface area contributed by atoms with Gasteiger partial charge in [-0.25, -0.2) is 8.42 Å². The molecule has 0 aromatic carbocycles. The number of aryl methyl sites for hydroxylation is 1. The van der Waals surface area contributed by atoms with Gasteiger partial charge in [0.25, 0.3) is 10.0 Å². The lowest BCUT2D eigenvalue weighted by molar-refractivity contribution is 0.141. The average Bonchev–Trinajstić information content (AvgIpc) is 3.19. The van der Waals surface area contributed by atoms with E-state index in [-0.39, 0.29) is 11.1 Å². The molecule has 8 heteroatoms. The van der Waals surface area contributed by atoms with E-state index in [1.807, 2.05) is 0 Å². The van der Waals surface area contributed by atoms with Crippen molar-refractivity contribution < 1.29 is 17.9 Å². The highest BCUT2D eigenvalue weighted by Gasteiger charge is 2.37. The van der Waals surface area contributed by atoms with Gasteiger partial charge >= 0.3 is 0 Å². The van der Waals surface area contributed by atoms with Crippen LogP contribution in [0.2, 0.25) is 0 Å². The van der Waals surface area contributed by atoms with Gasteiger partial charge in [0.15, 0.2) is 0 Å². The van der Waals surface area contributed by atoms with Gasteiger partial charge in [-0.05, 0) is 31.4 Å². The third kappa shape index (κ3) is 2.81. The molecule has 0 aliphatic carbocycles. The summed E-state index contributed by atoms with van der Waals surface area (Å²) in [5.74, 6) is 0. The van der Waals surface area contributed by atoms with E-state index >= 15 is 0 Å². The van der Waals surface area contributed by atoms with Crippen LogP contribution < -0.4 is 0 Å². The van der Waals surface area contributed by atoms with Crippen molar-refractivity contribution in [1.29, 1.82) is 0 Å². The summed E-state index contributed by atoms with van der Waals surface area (Å²) in [6.45, 7) is 0.452. The smallest absolute Gasteiger partial charge is 0.276 e. The van der Waals surface area contributed by atoms with Gasteiger partial charge < -0.3 is 9.52 Å². The number of aliphatic hydroxyl groups is 1. The van der Waals surface area contributed by atoms with Crippen molar-refractivity contribution in [2.45, 2.75) is 36.5 Å². The normalized spacial score (nSPS) is 21.3. The Balaban J connectivity index is 1.76. The maximum absolute atomic E-state index is 12.6. The van der Waals surface area contributed by atoms with Crippen molar-refractivity contribution in [2.75, 3.05) is 6.54 Å². The number of aliphatic hydroxyl groups excluding tert-OH is 1. The van der Waals surface area contributed by atoms with Crippen molar-refractivity contribution in [3.8, 4) is 0 Å². The van der Waals surface area contributed by atoms with Crippen LogP contribution in [0, 0.1) is 0 Å². The van der Waals surface area contributed by atoms with Crippen LogP contribution >= 0.6 is 0 Å². The number of sulfonamides is 1. The largest absolute Gasteiger partial charge is 0.452 e. The molecule has 0 unspecified atom stereocenters. The first-order valence-corrected chi connectivity index (χ1v) is 8.64. The average molecular weight is 325 g/mol. The summed E-state index contributed by atoms with van der Waals surface area (Å²) < 4.78 is 33.2. The second-order valence-electron chi connectivity index (χ2n) is 5.54. The number of hydrogen-bond acceptors (Lipinski definition) is 5. The molecule has 22 heavy (non-hydrogen) atoms. The molecule has 3 heterocycles. The van der Waals surface area contributed by atoms with E-state index in [9.17, 15) is 13.5 Å². The van der Waals surface area contributed by atoms with Gasteiger partial charge in [-0.3, -0.25) is 4.68 Å². The van der Waals surface area contributed by atoms with E-state index in [0.717, 1.165) is 12.8 Å². The van der Waals surface area contributed by atoms with E-state index in [0.29, 0.717) is 18.5 Å². The summed E-state index contributed by atoms with van der Waals surface area (Å²) in [6, 6.07) is 2.77. The zero-order chi connectivity index (χ0) is 15.7. The molecular formula is C14H19N3O4S. The standard InChI is InChI=1S/C14H19N3O4S/c1-16-10-11(9-15-16)13(18)8-12-4-2-6-17(12)22(19,20)14-5-3-7-21-14/h3,5,7,9-10,12-13,18H,2,4,6,8H2,1H3/t12-,13-/m0/s1. The molecule has 1 N–H and O–H groups in total. The highest BCUT2D eigenvalue weighted by Crippen LogP contribution is 2.31. The lowest BCUT2D eigenvalue weighted by Crippen LogP contribution is -2.36. The molecular weight excluding hydrogens is 306 g/mol. The molecule has 0 spiro atoms. The van der Waals surface area contributed by atoms with Gasteiger partial charge in [0.2, 0.25) is 5.09 Å². The predicted octanol–water partition coefficient (Wildman–Crippen LogP) is 1.29. The second kappa shape index (κ2) is 5.86. The van der Waals surface area contributed by atoms with Crippen molar-refractivity contribution in [3.63, 3.8) is 0 Å². The van der Waals surface area contributed by atoms with Crippen molar-refractivity contribution in [3.05, 3.63) is 36.4 Å². The first-order chi connectivity index (χ1) is 10.5. The van der Waals surface area contributed by atoms with Gasteiger partial charge in [-0.1, -0.05) is 0 Å². The molecule has 1 aliphatic rings. The summed E-state index contributed by atoms with van der Waals surface area (Å²) in [7, 11) is -1.86. The van der Waals surface area contributed by atoms with Gasteiger partial charge in [0.05, 0.1) is 18.6 Å². The molecule has 0 amide bonds. The minimum Gasteiger partial charge on any atom is -0.452 e. The monoisotopic (exact) mass is 325 g/mol. The lowest BCUT2D eigenvalue weighted by atomic mass is 10.0. The van der Waals surface area contributed by atoms with E-state index in [1.54, 1.807) is 30.2 Å². The fraction of sp³-hybridized carbons (Fsp3) is 0.500. The number of aromatic nitrogens is 2.